The Morgan fingerprint density at radius 1 is 1.14 bits per heavy atom. The van der Waals surface area contributed by atoms with E-state index in [1.165, 1.54) is 49.6 Å². The fraction of sp³-hybridized carbons (Fsp3) is 0.120. The maximum atomic E-state index is 12.7. The van der Waals surface area contributed by atoms with Gasteiger partial charge < -0.3 is 19.0 Å². The molecule has 0 aliphatic rings. The highest BCUT2D eigenvalue weighted by atomic mass is 79.9. The lowest BCUT2D eigenvalue weighted by Gasteiger charge is -2.13. The molecule has 0 aromatic heterocycles. The van der Waals surface area contributed by atoms with E-state index in [2.05, 4.69) is 21.2 Å². The lowest BCUT2D eigenvalue weighted by molar-refractivity contribution is -0.112. The molecule has 0 spiro atoms. The maximum absolute atomic E-state index is 12.7. The van der Waals surface area contributed by atoms with E-state index in [4.69, 9.17) is 25.3 Å². The molecule has 0 atom stereocenters. The van der Waals surface area contributed by atoms with Gasteiger partial charge in [0.1, 0.15) is 22.3 Å². The van der Waals surface area contributed by atoms with E-state index >= 15 is 0 Å². The van der Waals surface area contributed by atoms with Gasteiger partial charge in [0, 0.05) is 10.7 Å². The normalized spacial score (nSPS) is 11.4. The van der Waals surface area contributed by atoms with Crippen molar-refractivity contribution in [1.29, 1.82) is 5.26 Å². The maximum Gasteiger partial charge on any atom is 0.339 e. The zero-order valence-electron chi connectivity index (χ0n) is 19.1. The van der Waals surface area contributed by atoms with Gasteiger partial charge in [-0.3, -0.25) is 4.79 Å². The van der Waals surface area contributed by atoms with Gasteiger partial charge in [-0.15, -0.1) is 0 Å². The van der Waals surface area contributed by atoms with Crippen molar-refractivity contribution >= 4 is 55.3 Å². The summed E-state index contributed by atoms with van der Waals surface area (Å²) < 4.78 is 41.6. The number of carbonyl (C=O) groups excluding carboxylic acids is 1. The number of carbonyl (C=O) groups is 1. The van der Waals surface area contributed by atoms with Crippen molar-refractivity contribution < 1.29 is 26.9 Å². The van der Waals surface area contributed by atoms with Crippen LogP contribution in [0.1, 0.15) is 12.5 Å². The molecule has 3 aromatic rings. The van der Waals surface area contributed by atoms with Crippen molar-refractivity contribution in [3.8, 4) is 23.3 Å². The number of benzene rings is 3. The number of nitrogens with zero attached hydrogens (tertiary/aromatic N) is 1. The molecule has 11 heteroatoms. The van der Waals surface area contributed by atoms with Gasteiger partial charge in [0.2, 0.25) is 0 Å². The van der Waals surface area contributed by atoms with Crippen LogP contribution in [0.25, 0.3) is 6.08 Å². The van der Waals surface area contributed by atoms with E-state index in [-0.39, 0.29) is 26.4 Å². The summed E-state index contributed by atoms with van der Waals surface area (Å²) in [5.41, 5.74) is 0.702. The number of methoxy groups -OCH3 is 1. The molecular formula is C25H20BrClN2O6S. The third-order valence-electron chi connectivity index (χ3n) is 4.65. The Kier molecular flexibility index (Phi) is 8.98. The molecule has 0 radical (unpaired) electrons. The first kappa shape index (κ1) is 27.1. The lowest BCUT2D eigenvalue weighted by atomic mass is 10.1. The van der Waals surface area contributed by atoms with E-state index in [9.17, 15) is 18.5 Å². The Morgan fingerprint density at radius 2 is 1.81 bits per heavy atom. The summed E-state index contributed by atoms with van der Waals surface area (Å²) in [6, 6.07) is 17.0. The van der Waals surface area contributed by atoms with Crippen molar-refractivity contribution in [2.45, 2.75) is 11.8 Å². The van der Waals surface area contributed by atoms with Gasteiger partial charge in [-0.25, -0.2) is 0 Å². The largest absolute Gasteiger partial charge is 0.494 e. The molecule has 8 nitrogen and oxygen atoms in total. The number of ether oxygens (including phenoxy) is 2. The monoisotopic (exact) mass is 590 g/mol. The Labute approximate surface area is 222 Å². The zero-order valence-corrected chi connectivity index (χ0v) is 22.3. The molecule has 186 valence electrons. The van der Waals surface area contributed by atoms with E-state index in [1.807, 2.05) is 13.0 Å². The van der Waals surface area contributed by atoms with Crippen LogP contribution in [0.5, 0.6) is 17.2 Å². The summed E-state index contributed by atoms with van der Waals surface area (Å²) in [7, 11) is -2.86. The molecule has 0 saturated heterocycles. The zero-order chi connectivity index (χ0) is 26.3. The van der Waals surface area contributed by atoms with Crippen LogP contribution in [-0.4, -0.2) is 28.0 Å². The second kappa shape index (κ2) is 11.9. The van der Waals surface area contributed by atoms with Crippen LogP contribution in [-0.2, 0) is 14.9 Å². The third kappa shape index (κ3) is 6.79. The highest BCUT2D eigenvalue weighted by molar-refractivity contribution is 9.10. The summed E-state index contributed by atoms with van der Waals surface area (Å²) in [4.78, 5) is 12.5. The lowest BCUT2D eigenvalue weighted by Crippen LogP contribution is -2.13. The average Bonchev–Trinajstić information content (AvgIpc) is 2.85. The molecule has 0 heterocycles. The van der Waals surface area contributed by atoms with Crippen molar-refractivity contribution in [3.05, 3.63) is 81.3 Å². The van der Waals surface area contributed by atoms with Crippen molar-refractivity contribution in [3.63, 3.8) is 0 Å². The number of amides is 1. The average molecular weight is 592 g/mol. The summed E-state index contributed by atoms with van der Waals surface area (Å²) in [6.45, 7) is 2.38. The van der Waals surface area contributed by atoms with Crippen molar-refractivity contribution in [1.82, 2.24) is 0 Å². The van der Waals surface area contributed by atoms with E-state index in [0.717, 1.165) is 0 Å². The second-order valence-corrected chi connectivity index (χ2v) is 9.94. The van der Waals surface area contributed by atoms with Crippen LogP contribution >= 0.6 is 27.5 Å². The molecular weight excluding hydrogens is 572 g/mol. The van der Waals surface area contributed by atoms with Crippen LogP contribution in [0.15, 0.2) is 75.6 Å². The smallest absolute Gasteiger partial charge is 0.339 e. The van der Waals surface area contributed by atoms with E-state index < -0.39 is 16.0 Å². The minimum Gasteiger partial charge on any atom is -0.494 e. The highest BCUT2D eigenvalue weighted by Gasteiger charge is 2.22. The van der Waals surface area contributed by atoms with Crippen LogP contribution in [0.2, 0.25) is 5.02 Å². The fourth-order valence-corrected chi connectivity index (χ4v) is 4.71. The molecule has 0 aliphatic heterocycles. The van der Waals surface area contributed by atoms with Gasteiger partial charge in [0.15, 0.2) is 11.5 Å². The number of nitrogens with one attached hydrogen (secondary N) is 1. The third-order valence-corrected chi connectivity index (χ3v) is 6.72. The van der Waals surface area contributed by atoms with Crippen LogP contribution in [0.3, 0.4) is 0 Å². The van der Waals surface area contributed by atoms with Gasteiger partial charge in [-0.05, 0) is 95.2 Å². The van der Waals surface area contributed by atoms with Crippen LogP contribution in [0, 0.1) is 11.3 Å². The minimum absolute atomic E-state index is 0.0670. The molecule has 0 saturated carbocycles. The van der Waals surface area contributed by atoms with Gasteiger partial charge in [-0.2, -0.15) is 13.7 Å². The quantitative estimate of drug-likeness (QED) is 0.189. The molecule has 0 bridgehead atoms. The molecule has 1 N–H and O–H groups in total. The highest BCUT2D eigenvalue weighted by Crippen LogP contribution is 2.39. The number of anilines is 1. The first-order valence-electron chi connectivity index (χ1n) is 10.4. The summed E-state index contributed by atoms with van der Waals surface area (Å²) in [5.74, 6) is 0.00518. The number of hydrogen-bond donors (Lipinski definition) is 1. The topological polar surface area (TPSA) is 115 Å². The predicted molar refractivity (Wildman–Crippen MR) is 140 cm³/mol. The molecule has 0 fully saturated rings. The van der Waals surface area contributed by atoms with Gasteiger partial charge in [0.25, 0.3) is 5.91 Å². The minimum atomic E-state index is -4.19. The van der Waals surface area contributed by atoms with E-state index in [0.29, 0.717) is 28.6 Å². The molecule has 3 rings (SSSR count). The Balaban J connectivity index is 1.86. The van der Waals surface area contributed by atoms with Crippen LogP contribution < -0.4 is 19.0 Å². The Bertz CT molecular complexity index is 1430. The summed E-state index contributed by atoms with van der Waals surface area (Å²) in [6.07, 6.45) is 1.34. The second-order valence-electron chi connectivity index (χ2n) is 7.11. The van der Waals surface area contributed by atoms with Crippen molar-refractivity contribution in [2.75, 3.05) is 19.0 Å². The van der Waals surface area contributed by atoms with Gasteiger partial charge in [-0.1, -0.05) is 11.6 Å². The standard InChI is InChI=1S/C25H20BrClN2O6S/c1-3-34-20-8-6-19(7-9-20)29-25(30)17(15-28)12-16-13-22(26)24(23(14-16)33-2)35-36(31,32)21-10-4-18(27)5-11-21/h4-14H,3H2,1-2H3,(H,29,30)/b17-12+. The Hall–Kier alpha value is -3.52. The molecule has 1 amide bonds. The fourth-order valence-electron chi connectivity index (χ4n) is 2.98. The van der Waals surface area contributed by atoms with Crippen LogP contribution in [0.4, 0.5) is 5.69 Å². The Morgan fingerprint density at radius 3 is 2.39 bits per heavy atom. The predicted octanol–water partition coefficient (Wildman–Crippen LogP) is 5.82. The molecule has 0 aliphatic carbocycles. The molecule has 3 aromatic carbocycles. The first-order chi connectivity index (χ1) is 17.2. The molecule has 36 heavy (non-hydrogen) atoms. The summed E-state index contributed by atoms with van der Waals surface area (Å²) in [5, 5.41) is 12.6. The summed E-state index contributed by atoms with van der Waals surface area (Å²) >= 11 is 9.11. The molecule has 0 unspecified atom stereocenters. The van der Waals surface area contributed by atoms with E-state index in [1.54, 1.807) is 24.3 Å². The number of rotatable bonds is 9. The van der Waals surface area contributed by atoms with Crippen molar-refractivity contribution in [2.24, 2.45) is 0 Å². The van der Waals surface area contributed by atoms with Gasteiger partial charge >= 0.3 is 10.1 Å². The number of halogens is 2. The van der Waals surface area contributed by atoms with Gasteiger partial charge in [0.05, 0.1) is 18.2 Å². The first-order valence-corrected chi connectivity index (χ1v) is 13.0. The SMILES string of the molecule is CCOc1ccc(NC(=O)/C(C#N)=C/c2cc(Br)c(OS(=O)(=O)c3ccc(Cl)cc3)c(OC)c2)cc1. The number of hydrogen-bond acceptors (Lipinski definition) is 7. The number of nitriles is 1.